The molecule has 0 bridgehead atoms. The summed E-state index contributed by atoms with van der Waals surface area (Å²) in [6, 6.07) is 15.7. The summed E-state index contributed by atoms with van der Waals surface area (Å²) in [4.78, 5) is 13.8. The lowest BCUT2D eigenvalue weighted by molar-refractivity contribution is 0.0762. The van der Waals surface area contributed by atoms with Crippen LogP contribution in [-0.4, -0.2) is 34.2 Å². The van der Waals surface area contributed by atoms with Gasteiger partial charge in [0.25, 0.3) is 5.91 Å². The number of nitrogens with zero attached hydrogens (tertiary/aromatic N) is 3. The molecule has 0 saturated carbocycles. The molecule has 24 heavy (non-hydrogen) atoms. The summed E-state index contributed by atoms with van der Waals surface area (Å²) in [5, 5.41) is 4.57. The van der Waals surface area contributed by atoms with E-state index in [2.05, 4.69) is 23.3 Å². The second-order valence-corrected chi connectivity index (χ2v) is 5.82. The zero-order valence-electron chi connectivity index (χ0n) is 14.0. The predicted molar refractivity (Wildman–Crippen MR) is 92.6 cm³/mol. The second kappa shape index (κ2) is 7.17. The van der Waals surface area contributed by atoms with Crippen molar-refractivity contribution in [2.24, 2.45) is 7.05 Å². The lowest BCUT2D eigenvalue weighted by Gasteiger charge is -2.14. The van der Waals surface area contributed by atoms with Gasteiger partial charge in [-0.05, 0) is 36.6 Å². The van der Waals surface area contributed by atoms with Gasteiger partial charge in [-0.25, -0.2) is 0 Å². The van der Waals surface area contributed by atoms with Crippen molar-refractivity contribution < 1.29 is 9.21 Å². The third-order valence-electron chi connectivity index (χ3n) is 4.01. The molecule has 5 heteroatoms. The van der Waals surface area contributed by atoms with Crippen LogP contribution in [0.15, 0.2) is 59.2 Å². The van der Waals surface area contributed by atoms with E-state index < -0.39 is 0 Å². The lowest BCUT2D eigenvalue weighted by Crippen LogP contribution is -2.27. The minimum absolute atomic E-state index is 0.0917. The first-order valence-corrected chi connectivity index (χ1v) is 8.02. The van der Waals surface area contributed by atoms with Crippen LogP contribution in [-0.2, 0) is 13.5 Å². The van der Waals surface area contributed by atoms with Crippen LogP contribution in [0.4, 0.5) is 0 Å². The maximum atomic E-state index is 12.1. The summed E-state index contributed by atoms with van der Waals surface area (Å²) >= 11 is 0. The molecule has 2 heterocycles. The highest BCUT2D eigenvalue weighted by Gasteiger charge is 2.14. The standard InChI is InChI=1S/C19H21N3O2/c1-21(19(23)18-11-7-13-24-18)12-6-10-16-14-17(22(2)20-16)15-8-4-3-5-9-15/h3-5,7-9,11,13-14H,6,10,12H2,1-2H3. The molecule has 0 N–H and O–H groups in total. The molecule has 2 aromatic heterocycles. The van der Waals surface area contributed by atoms with Gasteiger partial charge >= 0.3 is 0 Å². The highest BCUT2D eigenvalue weighted by Crippen LogP contribution is 2.20. The topological polar surface area (TPSA) is 51.3 Å². The summed E-state index contributed by atoms with van der Waals surface area (Å²) in [6.45, 7) is 0.663. The summed E-state index contributed by atoms with van der Waals surface area (Å²) < 4.78 is 7.05. The van der Waals surface area contributed by atoms with Gasteiger partial charge in [0, 0.05) is 20.6 Å². The molecule has 0 fully saturated rings. The van der Waals surface area contributed by atoms with E-state index in [0.717, 1.165) is 29.8 Å². The number of aryl methyl sites for hydroxylation is 2. The van der Waals surface area contributed by atoms with Crippen LogP contribution < -0.4 is 0 Å². The Hall–Kier alpha value is -2.82. The van der Waals surface area contributed by atoms with Crippen LogP contribution in [0.2, 0.25) is 0 Å². The number of hydrogen-bond donors (Lipinski definition) is 0. The first-order chi connectivity index (χ1) is 11.6. The average Bonchev–Trinajstić information content (AvgIpc) is 3.25. The Morgan fingerprint density at radius 1 is 1.21 bits per heavy atom. The largest absolute Gasteiger partial charge is 0.459 e. The van der Waals surface area contributed by atoms with Crippen molar-refractivity contribution in [1.82, 2.24) is 14.7 Å². The third-order valence-corrected chi connectivity index (χ3v) is 4.01. The van der Waals surface area contributed by atoms with Crippen LogP contribution in [0.5, 0.6) is 0 Å². The van der Waals surface area contributed by atoms with Crippen LogP contribution in [0.3, 0.4) is 0 Å². The molecule has 0 unspecified atom stereocenters. The van der Waals surface area contributed by atoms with Gasteiger partial charge in [0.05, 0.1) is 17.7 Å². The predicted octanol–water partition coefficient (Wildman–Crippen LogP) is 3.38. The highest BCUT2D eigenvalue weighted by atomic mass is 16.3. The molecule has 3 aromatic rings. The lowest BCUT2D eigenvalue weighted by atomic mass is 10.1. The Labute approximate surface area is 141 Å². The summed E-state index contributed by atoms with van der Waals surface area (Å²) in [5.41, 5.74) is 3.30. The van der Waals surface area contributed by atoms with E-state index >= 15 is 0 Å². The third kappa shape index (κ3) is 3.56. The quantitative estimate of drug-likeness (QED) is 0.699. The first kappa shape index (κ1) is 16.1. The molecule has 5 nitrogen and oxygen atoms in total. The Bertz CT molecular complexity index is 791. The van der Waals surface area contributed by atoms with Gasteiger partial charge in [-0.1, -0.05) is 30.3 Å². The van der Waals surface area contributed by atoms with Gasteiger partial charge in [0.15, 0.2) is 5.76 Å². The van der Waals surface area contributed by atoms with Crippen LogP contribution in [0.25, 0.3) is 11.3 Å². The molecule has 0 saturated heterocycles. The SMILES string of the molecule is CN(CCCc1cc(-c2ccccc2)n(C)n1)C(=O)c1ccco1. The summed E-state index contributed by atoms with van der Waals surface area (Å²) in [5.74, 6) is 0.285. The Morgan fingerprint density at radius 3 is 2.71 bits per heavy atom. The molecule has 0 radical (unpaired) electrons. The van der Waals surface area contributed by atoms with E-state index in [9.17, 15) is 4.79 Å². The average molecular weight is 323 g/mol. The Balaban J connectivity index is 1.57. The van der Waals surface area contributed by atoms with Crippen molar-refractivity contribution in [3.63, 3.8) is 0 Å². The fourth-order valence-electron chi connectivity index (χ4n) is 2.72. The number of rotatable bonds is 6. The molecule has 0 spiro atoms. The number of furan rings is 1. The van der Waals surface area contributed by atoms with Crippen LogP contribution in [0.1, 0.15) is 22.7 Å². The van der Waals surface area contributed by atoms with Crippen molar-refractivity contribution in [3.8, 4) is 11.3 Å². The van der Waals surface area contributed by atoms with E-state index in [1.54, 1.807) is 24.1 Å². The van der Waals surface area contributed by atoms with E-state index in [0.29, 0.717) is 12.3 Å². The number of hydrogen-bond acceptors (Lipinski definition) is 3. The normalized spacial score (nSPS) is 10.8. The van der Waals surface area contributed by atoms with Gasteiger partial charge in [-0.15, -0.1) is 0 Å². The highest BCUT2D eigenvalue weighted by molar-refractivity contribution is 5.91. The van der Waals surface area contributed by atoms with Gasteiger partial charge in [0.1, 0.15) is 0 Å². The number of benzene rings is 1. The minimum Gasteiger partial charge on any atom is -0.459 e. The van der Waals surface area contributed by atoms with E-state index in [1.165, 1.54) is 6.26 Å². The Kier molecular flexibility index (Phi) is 4.79. The smallest absolute Gasteiger partial charge is 0.289 e. The molecule has 1 aromatic carbocycles. The molecular weight excluding hydrogens is 302 g/mol. The van der Waals surface area contributed by atoms with Gasteiger partial charge in [0.2, 0.25) is 0 Å². The number of amides is 1. The van der Waals surface area contributed by atoms with Crippen molar-refractivity contribution in [2.75, 3.05) is 13.6 Å². The molecule has 124 valence electrons. The van der Waals surface area contributed by atoms with E-state index in [-0.39, 0.29) is 5.91 Å². The van der Waals surface area contributed by atoms with Gasteiger partial charge in [-0.2, -0.15) is 5.10 Å². The molecule has 0 aliphatic rings. The molecule has 0 atom stereocenters. The zero-order chi connectivity index (χ0) is 16.9. The maximum Gasteiger partial charge on any atom is 0.289 e. The molecule has 3 rings (SSSR count). The zero-order valence-corrected chi connectivity index (χ0v) is 14.0. The second-order valence-electron chi connectivity index (χ2n) is 5.82. The molecular formula is C19H21N3O2. The molecule has 0 aliphatic carbocycles. The van der Waals surface area contributed by atoms with Crippen molar-refractivity contribution in [2.45, 2.75) is 12.8 Å². The van der Waals surface area contributed by atoms with Crippen molar-refractivity contribution >= 4 is 5.91 Å². The fraction of sp³-hybridized carbons (Fsp3) is 0.263. The molecule has 1 amide bonds. The number of carbonyl (C=O) groups is 1. The van der Waals surface area contributed by atoms with Crippen LogP contribution >= 0.6 is 0 Å². The first-order valence-electron chi connectivity index (χ1n) is 8.02. The summed E-state index contributed by atoms with van der Waals surface area (Å²) in [6.07, 6.45) is 3.20. The van der Waals surface area contributed by atoms with Crippen molar-refractivity contribution in [3.05, 3.63) is 66.2 Å². The number of aromatic nitrogens is 2. The minimum atomic E-state index is -0.0917. The van der Waals surface area contributed by atoms with Gasteiger partial charge < -0.3 is 9.32 Å². The summed E-state index contributed by atoms with van der Waals surface area (Å²) in [7, 11) is 3.75. The van der Waals surface area contributed by atoms with Crippen molar-refractivity contribution in [1.29, 1.82) is 0 Å². The van der Waals surface area contributed by atoms with Crippen LogP contribution in [0, 0.1) is 0 Å². The number of carbonyl (C=O) groups excluding carboxylic acids is 1. The molecule has 0 aliphatic heterocycles. The van der Waals surface area contributed by atoms with E-state index in [4.69, 9.17) is 4.42 Å². The Morgan fingerprint density at radius 2 is 2.00 bits per heavy atom. The fourth-order valence-corrected chi connectivity index (χ4v) is 2.72. The maximum absolute atomic E-state index is 12.1. The van der Waals surface area contributed by atoms with Gasteiger partial charge in [-0.3, -0.25) is 9.48 Å². The van der Waals surface area contributed by atoms with E-state index in [1.807, 2.05) is 29.9 Å². The monoisotopic (exact) mass is 323 g/mol.